The molecule has 0 spiro atoms. The quantitative estimate of drug-likeness (QED) is 0.870. The lowest BCUT2D eigenvalue weighted by atomic mass is 9.99. The molecule has 0 bridgehead atoms. The fourth-order valence-corrected chi connectivity index (χ4v) is 4.06. The maximum atomic E-state index is 12.9. The highest BCUT2D eigenvalue weighted by molar-refractivity contribution is 5.42. The van der Waals surface area contributed by atoms with E-state index in [1.54, 1.807) is 0 Å². The SMILES string of the molecule is Cc1c(C)n2c(C3(C4CC4)CC3)nnc2c(=O)n1CC1CC1. The van der Waals surface area contributed by atoms with E-state index in [-0.39, 0.29) is 11.0 Å². The summed E-state index contributed by atoms with van der Waals surface area (Å²) in [6, 6.07) is 0. The van der Waals surface area contributed by atoms with Gasteiger partial charge in [-0.3, -0.25) is 9.20 Å². The van der Waals surface area contributed by atoms with E-state index in [0.717, 1.165) is 29.7 Å². The first-order chi connectivity index (χ1) is 10.6. The molecule has 0 aromatic carbocycles. The van der Waals surface area contributed by atoms with Gasteiger partial charge in [0, 0.05) is 23.3 Å². The molecule has 0 radical (unpaired) electrons. The standard InChI is InChI=1S/C17H22N4O/c1-10-11(2)21-14(15(22)20(10)9-12-3-4-12)18-19-16(21)17(7-8-17)13-5-6-13/h12-13H,3-9H2,1-2H3. The summed E-state index contributed by atoms with van der Waals surface area (Å²) in [6.45, 7) is 5.03. The Kier molecular flexibility index (Phi) is 2.34. The number of aromatic nitrogens is 4. The van der Waals surface area contributed by atoms with Gasteiger partial charge in [0.05, 0.1) is 0 Å². The predicted molar refractivity (Wildman–Crippen MR) is 83.1 cm³/mol. The van der Waals surface area contributed by atoms with E-state index in [9.17, 15) is 4.79 Å². The average Bonchev–Trinajstić information content (AvgIpc) is 3.33. The highest BCUT2D eigenvalue weighted by Gasteiger charge is 2.58. The molecule has 0 aliphatic heterocycles. The maximum absolute atomic E-state index is 12.9. The van der Waals surface area contributed by atoms with E-state index >= 15 is 0 Å². The molecule has 0 saturated heterocycles. The molecule has 116 valence electrons. The zero-order valence-electron chi connectivity index (χ0n) is 13.3. The molecule has 2 aromatic heterocycles. The summed E-state index contributed by atoms with van der Waals surface area (Å²) < 4.78 is 4.00. The van der Waals surface area contributed by atoms with Crippen LogP contribution < -0.4 is 5.56 Å². The van der Waals surface area contributed by atoms with Crippen LogP contribution in [-0.4, -0.2) is 19.2 Å². The molecule has 3 fully saturated rings. The van der Waals surface area contributed by atoms with Crippen LogP contribution in [-0.2, 0) is 12.0 Å². The van der Waals surface area contributed by atoms with E-state index in [1.165, 1.54) is 38.5 Å². The van der Waals surface area contributed by atoms with Gasteiger partial charge in [-0.25, -0.2) is 0 Å². The number of hydrogen-bond acceptors (Lipinski definition) is 3. The monoisotopic (exact) mass is 298 g/mol. The van der Waals surface area contributed by atoms with Gasteiger partial charge in [-0.15, -0.1) is 10.2 Å². The van der Waals surface area contributed by atoms with Crippen molar-refractivity contribution in [3.8, 4) is 0 Å². The van der Waals surface area contributed by atoms with Gasteiger partial charge in [0.1, 0.15) is 5.82 Å². The van der Waals surface area contributed by atoms with Crippen molar-refractivity contribution < 1.29 is 0 Å². The van der Waals surface area contributed by atoms with Crippen molar-refractivity contribution in [2.75, 3.05) is 0 Å². The summed E-state index contributed by atoms with van der Waals surface area (Å²) in [5.74, 6) is 2.51. The smallest absolute Gasteiger partial charge is 0.296 e. The number of hydrogen-bond donors (Lipinski definition) is 0. The second-order valence-electron chi connectivity index (χ2n) is 7.64. The molecule has 0 unspecified atom stereocenters. The van der Waals surface area contributed by atoms with Crippen molar-refractivity contribution in [1.29, 1.82) is 0 Å². The van der Waals surface area contributed by atoms with Gasteiger partial charge in [-0.1, -0.05) is 0 Å². The van der Waals surface area contributed by atoms with Crippen LogP contribution in [0.1, 0.15) is 55.7 Å². The Morgan fingerprint density at radius 1 is 1.09 bits per heavy atom. The summed E-state index contributed by atoms with van der Waals surface area (Å²) in [6.07, 6.45) is 7.54. The van der Waals surface area contributed by atoms with Gasteiger partial charge in [0.15, 0.2) is 0 Å². The van der Waals surface area contributed by atoms with Gasteiger partial charge in [0.2, 0.25) is 5.65 Å². The summed E-state index contributed by atoms with van der Waals surface area (Å²) in [5, 5.41) is 8.79. The Morgan fingerprint density at radius 3 is 2.41 bits per heavy atom. The van der Waals surface area contributed by atoms with E-state index in [0.29, 0.717) is 11.6 Å². The summed E-state index contributed by atoms with van der Waals surface area (Å²) in [5.41, 5.74) is 3.02. The summed E-state index contributed by atoms with van der Waals surface area (Å²) >= 11 is 0. The van der Waals surface area contributed by atoms with Crippen molar-refractivity contribution in [1.82, 2.24) is 19.2 Å². The summed E-state index contributed by atoms with van der Waals surface area (Å²) in [4.78, 5) is 12.9. The van der Waals surface area contributed by atoms with Gasteiger partial charge in [0.25, 0.3) is 5.56 Å². The van der Waals surface area contributed by atoms with Crippen LogP contribution in [0.15, 0.2) is 4.79 Å². The van der Waals surface area contributed by atoms with Crippen molar-refractivity contribution in [3.05, 3.63) is 27.6 Å². The highest BCUT2D eigenvalue weighted by atomic mass is 16.1. The van der Waals surface area contributed by atoms with E-state index in [1.807, 2.05) is 4.57 Å². The lowest BCUT2D eigenvalue weighted by Gasteiger charge is -2.17. The Morgan fingerprint density at radius 2 is 1.82 bits per heavy atom. The average molecular weight is 298 g/mol. The fourth-order valence-electron chi connectivity index (χ4n) is 4.06. The number of nitrogens with zero attached hydrogens (tertiary/aromatic N) is 4. The third-order valence-electron chi connectivity index (χ3n) is 6.09. The van der Waals surface area contributed by atoms with Gasteiger partial charge >= 0.3 is 0 Å². The van der Waals surface area contributed by atoms with Crippen molar-refractivity contribution in [2.24, 2.45) is 11.8 Å². The molecule has 0 amide bonds. The van der Waals surface area contributed by atoms with Gasteiger partial charge in [-0.2, -0.15) is 0 Å². The molecule has 0 atom stereocenters. The lowest BCUT2D eigenvalue weighted by Crippen LogP contribution is -2.28. The van der Waals surface area contributed by atoms with E-state index in [4.69, 9.17) is 0 Å². The van der Waals surface area contributed by atoms with Crippen LogP contribution in [0.25, 0.3) is 5.65 Å². The van der Waals surface area contributed by atoms with Crippen molar-refractivity contribution in [3.63, 3.8) is 0 Å². The molecule has 3 aliphatic carbocycles. The minimum Gasteiger partial charge on any atom is -0.308 e. The molecule has 0 N–H and O–H groups in total. The van der Waals surface area contributed by atoms with Crippen molar-refractivity contribution >= 4 is 5.65 Å². The molecule has 3 aliphatic rings. The number of fused-ring (bicyclic) bond motifs is 1. The Labute approximate surface area is 129 Å². The van der Waals surface area contributed by atoms with Crippen LogP contribution >= 0.6 is 0 Å². The lowest BCUT2D eigenvalue weighted by molar-refractivity contribution is 0.542. The maximum Gasteiger partial charge on any atom is 0.296 e. The van der Waals surface area contributed by atoms with Crippen LogP contribution in [0.2, 0.25) is 0 Å². The molecule has 5 rings (SSSR count). The largest absolute Gasteiger partial charge is 0.308 e. The van der Waals surface area contributed by atoms with Crippen molar-refractivity contribution in [2.45, 2.75) is 64.3 Å². The Hall–Kier alpha value is -1.65. The molecular formula is C17H22N4O. The van der Waals surface area contributed by atoms with Crippen LogP contribution in [0.5, 0.6) is 0 Å². The molecule has 22 heavy (non-hydrogen) atoms. The van der Waals surface area contributed by atoms with E-state index in [2.05, 4.69) is 28.4 Å². The highest BCUT2D eigenvalue weighted by Crippen LogP contribution is 2.61. The van der Waals surface area contributed by atoms with E-state index < -0.39 is 0 Å². The van der Waals surface area contributed by atoms with Gasteiger partial charge in [-0.05, 0) is 64.2 Å². The first kappa shape index (κ1) is 12.9. The molecule has 2 heterocycles. The third kappa shape index (κ3) is 1.62. The number of aryl methyl sites for hydroxylation is 1. The number of rotatable bonds is 4. The van der Waals surface area contributed by atoms with Crippen LogP contribution in [0, 0.1) is 25.7 Å². The first-order valence-corrected chi connectivity index (χ1v) is 8.57. The Bertz CT molecular complexity index is 834. The molecular weight excluding hydrogens is 276 g/mol. The molecule has 2 aromatic rings. The summed E-state index contributed by atoms with van der Waals surface area (Å²) in [7, 11) is 0. The predicted octanol–water partition coefficient (Wildman–Crippen LogP) is 2.36. The fraction of sp³-hybridized carbons (Fsp3) is 0.706. The minimum absolute atomic E-state index is 0.0420. The topological polar surface area (TPSA) is 52.2 Å². The zero-order chi connectivity index (χ0) is 15.1. The van der Waals surface area contributed by atoms with Crippen LogP contribution in [0.4, 0.5) is 0 Å². The normalized spacial score (nSPS) is 23.2. The second kappa shape index (κ2) is 4.00. The van der Waals surface area contributed by atoms with Crippen LogP contribution in [0.3, 0.4) is 0 Å². The minimum atomic E-state index is 0.0420. The van der Waals surface area contributed by atoms with Gasteiger partial charge < -0.3 is 4.57 Å². The third-order valence-corrected chi connectivity index (χ3v) is 6.09. The first-order valence-electron chi connectivity index (χ1n) is 8.57. The molecule has 3 saturated carbocycles. The molecule has 5 heteroatoms. The molecule has 5 nitrogen and oxygen atoms in total. The zero-order valence-corrected chi connectivity index (χ0v) is 13.3. The second-order valence-corrected chi connectivity index (χ2v) is 7.64. The Balaban J connectivity index is 1.73.